The Morgan fingerprint density at radius 3 is 2.59 bits per heavy atom. The summed E-state index contributed by atoms with van der Waals surface area (Å²) in [6.45, 7) is 4.84. The molecule has 4 atom stereocenters. The van der Waals surface area contributed by atoms with Crippen molar-refractivity contribution < 1.29 is 4.74 Å². The van der Waals surface area contributed by atoms with E-state index in [1.54, 1.807) is 6.33 Å². The third kappa shape index (κ3) is 3.66. The molecule has 6 rings (SSSR count). The number of hydrogen-bond donors (Lipinski definition) is 1. The number of piperidine rings is 1. The zero-order chi connectivity index (χ0) is 21.7. The Labute approximate surface area is 192 Å². The second-order valence-electron chi connectivity index (χ2n) is 9.06. The van der Waals surface area contributed by atoms with Crippen molar-refractivity contribution in [2.24, 2.45) is 11.8 Å². The number of ether oxygens (including phenoxy) is 1. The maximum atomic E-state index is 6.16. The first-order valence-electron chi connectivity index (χ1n) is 11.3. The molecule has 0 spiro atoms. The average molecular weight is 452 g/mol. The van der Waals surface area contributed by atoms with Gasteiger partial charge in [0.1, 0.15) is 17.9 Å². The minimum absolute atomic E-state index is 0.0844. The number of aromatic nitrogens is 5. The van der Waals surface area contributed by atoms with Crippen LogP contribution in [-0.4, -0.2) is 43.9 Å². The Kier molecular flexibility index (Phi) is 4.90. The Bertz CT molecular complexity index is 1100. The average Bonchev–Trinajstić information content (AvgIpc) is 3.41. The highest BCUT2D eigenvalue weighted by molar-refractivity contribution is 6.30. The van der Waals surface area contributed by atoms with Crippen LogP contribution in [0.1, 0.15) is 36.9 Å². The van der Waals surface area contributed by atoms with E-state index in [2.05, 4.69) is 26.3 Å². The maximum absolute atomic E-state index is 6.16. The van der Waals surface area contributed by atoms with E-state index in [1.165, 1.54) is 12.8 Å². The minimum atomic E-state index is -0.0844. The van der Waals surface area contributed by atoms with Gasteiger partial charge in [-0.05, 0) is 55.9 Å². The molecule has 2 bridgehead atoms. The lowest BCUT2D eigenvalue weighted by Crippen LogP contribution is -2.48. The van der Waals surface area contributed by atoms with E-state index in [1.807, 2.05) is 35.9 Å². The molecule has 2 fully saturated rings. The fraction of sp³-hybridized carbons (Fsp3) is 0.478. The Balaban J connectivity index is 1.14. The van der Waals surface area contributed by atoms with Gasteiger partial charge >= 0.3 is 0 Å². The van der Waals surface area contributed by atoms with Crippen molar-refractivity contribution in [2.45, 2.75) is 44.9 Å². The van der Waals surface area contributed by atoms with Crippen molar-refractivity contribution in [3.05, 3.63) is 53.2 Å². The molecule has 32 heavy (non-hydrogen) atoms. The van der Waals surface area contributed by atoms with Gasteiger partial charge in [-0.25, -0.2) is 14.6 Å². The molecule has 2 aromatic heterocycles. The van der Waals surface area contributed by atoms with E-state index in [-0.39, 0.29) is 6.10 Å². The first-order valence-corrected chi connectivity index (χ1v) is 11.7. The summed E-state index contributed by atoms with van der Waals surface area (Å²) in [7, 11) is 0. The van der Waals surface area contributed by atoms with Crippen LogP contribution in [0.15, 0.2) is 36.7 Å². The van der Waals surface area contributed by atoms with E-state index in [4.69, 9.17) is 26.4 Å². The number of benzene rings is 1. The molecule has 1 saturated heterocycles. The number of rotatable bonds is 5. The van der Waals surface area contributed by atoms with Gasteiger partial charge in [0.25, 0.3) is 0 Å². The number of anilines is 2. The van der Waals surface area contributed by atoms with Gasteiger partial charge in [-0.1, -0.05) is 11.6 Å². The highest BCUT2D eigenvalue weighted by Gasteiger charge is 2.43. The maximum Gasteiger partial charge on any atom is 0.242 e. The number of hydrogen-bond acceptors (Lipinski definition) is 7. The van der Waals surface area contributed by atoms with E-state index in [0.717, 1.165) is 55.1 Å². The van der Waals surface area contributed by atoms with Crippen molar-refractivity contribution in [1.29, 1.82) is 0 Å². The molecular weight excluding hydrogens is 426 g/mol. The smallest absolute Gasteiger partial charge is 0.242 e. The number of fused-ring (bicyclic) bond motifs is 3. The molecule has 4 heterocycles. The van der Waals surface area contributed by atoms with Crippen LogP contribution in [0.2, 0.25) is 5.02 Å². The number of nitrogens with one attached hydrogen (secondary N) is 1. The second-order valence-corrected chi connectivity index (χ2v) is 9.49. The van der Waals surface area contributed by atoms with Crippen molar-refractivity contribution in [2.75, 3.05) is 23.3 Å². The van der Waals surface area contributed by atoms with Gasteiger partial charge in [0, 0.05) is 48.9 Å². The molecule has 166 valence electrons. The molecule has 0 unspecified atom stereocenters. The largest absolute Gasteiger partial charge is 0.482 e. The molecule has 3 aromatic rings. The van der Waals surface area contributed by atoms with Crippen LogP contribution in [0.25, 0.3) is 0 Å². The molecule has 3 aliphatic rings. The van der Waals surface area contributed by atoms with Crippen LogP contribution in [0.4, 0.5) is 11.8 Å². The van der Waals surface area contributed by atoms with E-state index in [9.17, 15) is 0 Å². The van der Waals surface area contributed by atoms with Crippen LogP contribution in [0, 0.1) is 18.8 Å². The molecule has 1 N–H and O–H groups in total. The summed E-state index contributed by atoms with van der Waals surface area (Å²) in [4.78, 5) is 16.0. The van der Waals surface area contributed by atoms with Gasteiger partial charge in [0.15, 0.2) is 11.9 Å². The Morgan fingerprint density at radius 1 is 1.06 bits per heavy atom. The zero-order valence-corrected chi connectivity index (χ0v) is 18.7. The van der Waals surface area contributed by atoms with Gasteiger partial charge in [0.05, 0.1) is 0 Å². The third-order valence-electron chi connectivity index (χ3n) is 6.93. The van der Waals surface area contributed by atoms with E-state index >= 15 is 0 Å². The predicted molar refractivity (Wildman–Crippen MR) is 122 cm³/mol. The van der Waals surface area contributed by atoms with E-state index in [0.29, 0.717) is 22.9 Å². The quantitative estimate of drug-likeness (QED) is 0.630. The van der Waals surface area contributed by atoms with Crippen LogP contribution in [0.5, 0.6) is 5.75 Å². The third-order valence-corrected chi connectivity index (χ3v) is 7.18. The lowest BCUT2D eigenvalue weighted by atomic mass is 9.92. The molecule has 1 aromatic carbocycles. The topological polar surface area (TPSA) is 81.0 Å². The summed E-state index contributed by atoms with van der Waals surface area (Å²) in [6.07, 6.45) is 4.90. The normalized spacial score (nSPS) is 26.2. The monoisotopic (exact) mass is 451 g/mol. The van der Waals surface area contributed by atoms with Crippen molar-refractivity contribution in [3.63, 3.8) is 0 Å². The number of halogens is 1. The highest BCUT2D eigenvalue weighted by atomic mass is 35.5. The molecule has 8 nitrogen and oxygen atoms in total. The van der Waals surface area contributed by atoms with E-state index < -0.39 is 0 Å². The Hall–Kier alpha value is -2.87. The predicted octanol–water partition coefficient (Wildman–Crippen LogP) is 3.88. The summed E-state index contributed by atoms with van der Waals surface area (Å²) in [5.74, 6) is 4.57. The molecular formula is C23H26ClN7O. The van der Waals surface area contributed by atoms with Crippen molar-refractivity contribution in [1.82, 2.24) is 24.7 Å². The van der Waals surface area contributed by atoms with Crippen LogP contribution >= 0.6 is 11.6 Å². The molecule has 2 aliphatic heterocycles. The van der Waals surface area contributed by atoms with Crippen LogP contribution in [-0.2, 0) is 6.54 Å². The molecule has 0 amide bonds. The van der Waals surface area contributed by atoms with Crippen LogP contribution < -0.4 is 15.0 Å². The standard InChI is InChI=1S/C23H26ClN7O/c1-14-10-20(26-13-25-14)30-11-15-2-3-16(12-30)21(15)27-23-28-22-19(8-9-31(22)29-23)32-18-6-4-17(24)5-7-18/h4-7,10,13,15-16,19,21H,2-3,8-9,11-12H2,1H3,(H,27,29)/t15-,16+,19-,21-/m0/s1. The van der Waals surface area contributed by atoms with Crippen LogP contribution in [0.3, 0.4) is 0 Å². The van der Waals surface area contributed by atoms with Gasteiger partial charge in [-0.3, -0.25) is 0 Å². The molecule has 9 heteroatoms. The SMILES string of the molecule is Cc1cc(N2C[C@H]3CC[C@@H](C2)[C@@H]3Nc2nc3n(n2)CC[C@@H]3Oc2ccc(Cl)cc2)ncn1. The minimum Gasteiger partial charge on any atom is -0.482 e. The van der Waals surface area contributed by atoms with Gasteiger partial charge in [-0.15, -0.1) is 5.10 Å². The highest BCUT2D eigenvalue weighted by Crippen LogP contribution is 2.40. The number of aryl methyl sites for hydroxylation is 2. The summed E-state index contributed by atoms with van der Waals surface area (Å²) < 4.78 is 8.13. The molecule has 1 saturated carbocycles. The summed E-state index contributed by atoms with van der Waals surface area (Å²) in [5.41, 5.74) is 1.01. The first-order chi connectivity index (χ1) is 15.6. The second kappa shape index (κ2) is 7.92. The Morgan fingerprint density at radius 2 is 1.84 bits per heavy atom. The fourth-order valence-electron chi connectivity index (χ4n) is 5.38. The van der Waals surface area contributed by atoms with Crippen molar-refractivity contribution >= 4 is 23.4 Å². The summed E-state index contributed by atoms with van der Waals surface area (Å²) >= 11 is 5.99. The van der Waals surface area contributed by atoms with Crippen molar-refractivity contribution in [3.8, 4) is 5.75 Å². The molecule has 0 radical (unpaired) electrons. The lowest BCUT2D eigenvalue weighted by molar-refractivity contribution is 0.203. The first kappa shape index (κ1) is 19.8. The number of nitrogens with zero attached hydrogens (tertiary/aromatic N) is 6. The summed E-state index contributed by atoms with van der Waals surface area (Å²) in [6, 6.07) is 9.95. The molecule has 1 aliphatic carbocycles. The van der Waals surface area contributed by atoms with Gasteiger partial charge < -0.3 is 15.0 Å². The van der Waals surface area contributed by atoms with Gasteiger partial charge in [-0.2, -0.15) is 4.98 Å². The van der Waals surface area contributed by atoms with Gasteiger partial charge in [0.2, 0.25) is 5.95 Å². The lowest BCUT2D eigenvalue weighted by Gasteiger charge is -2.38. The fourth-order valence-corrected chi connectivity index (χ4v) is 5.51. The zero-order valence-electron chi connectivity index (χ0n) is 18.0. The summed E-state index contributed by atoms with van der Waals surface area (Å²) in [5, 5.41) is 9.11.